The van der Waals surface area contributed by atoms with Crippen molar-refractivity contribution in [2.24, 2.45) is 5.73 Å². The molecule has 1 unspecified atom stereocenters. The predicted octanol–water partition coefficient (Wildman–Crippen LogP) is 5.65. The van der Waals surface area contributed by atoms with Gasteiger partial charge in [-0.25, -0.2) is 0 Å². The van der Waals surface area contributed by atoms with Gasteiger partial charge in [0.25, 0.3) is 6.47 Å². The summed E-state index contributed by atoms with van der Waals surface area (Å²) in [6, 6.07) is 21.1. The Morgan fingerprint density at radius 3 is 2.48 bits per heavy atom. The number of halogens is 1. The molecule has 3 aromatic carbocycles. The van der Waals surface area contributed by atoms with Crippen molar-refractivity contribution in [2.75, 3.05) is 26.3 Å². The van der Waals surface area contributed by atoms with E-state index in [0.29, 0.717) is 54.0 Å². The first-order valence-electron chi connectivity index (χ1n) is 16.8. The van der Waals surface area contributed by atoms with Crippen molar-refractivity contribution in [1.82, 2.24) is 9.88 Å². The van der Waals surface area contributed by atoms with E-state index in [1.807, 2.05) is 56.3 Å². The molecule has 0 bridgehead atoms. The zero-order valence-electron chi connectivity index (χ0n) is 29.3. The second-order valence-corrected chi connectivity index (χ2v) is 12.1. The molecule has 5 N–H and O–H groups in total. The smallest absolute Gasteiger partial charge is 0.290 e. The van der Waals surface area contributed by atoms with Gasteiger partial charge >= 0.3 is 0 Å². The number of carboxylic acid groups (broad SMARTS) is 1. The van der Waals surface area contributed by atoms with Crippen molar-refractivity contribution >= 4 is 24.0 Å². The average Bonchev–Trinajstić information content (AvgIpc) is 3.61. The number of carbonyl (C=O) groups is 2. The molecule has 1 atom stereocenters. The lowest BCUT2D eigenvalue weighted by Gasteiger charge is -2.17. The van der Waals surface area contributed by atoms with Crippen molar-refractivity contribution in [3.63, 3.8) is 0 Å². The van der Waals surface area contributed by atoms with E-state index in [1.54, 1.807) is 29.3 Å². The molecular weight excluding hydrogens is 688 g/mol. The van der Waals surface area contributed by atoms with Crippen molar-refractivity contribution in [2.45, 2.75) is 59.0 Å². The minimum atomic E-state index is -0.431. The number of β-amino-alcohol motifs (C(OH)–C–C–N with tert-alkyl or cyclic N) is 1. The molecule has 0 spiro atoms. The van der Waals surface area contributed by atoms with E-state index in [1.165, 1.54) is 6.20 Å². The first kappa shape index (κ1) is 41.2. The number of hydrogen-bond acceptors (Lipinski definition) is 10. The molecule has 4 aromatic rings. The van der Waals surface area contributed by atoms with Gasteiger partial charge in [0.05, 0.1) is 29.7 Å². The molecule has 0 radical (unpaired) electrons. The quantitative estimate of drug-likeness (QED) is 0.124. The lowest BCUT2D eigenvalue weighted by molar-refractivity contribution is -0.131. The molecule has 12 nitrogen and oxygen atoms in total. The summed E-state index contributed by atoms with van der Waals surface area (Å²) >= 11 is 6.56. The second kappa shape index (κ2) is 21.9. The molecule has 5 rings (SSSR count). The Kier molecular flexibility index (Phi) is 17.4. The number of carbonyl (C=O) groups excluding carboxylic acids is 1. The Labute approximate surface area is 309 Å². The van der Waals surface area contributed by atoms with Crippen LogP contribution < -0.4 is 19.9 Å². The van der Waals surface area contributed by atoms with E-state index in [4.69, 9.17) is 51.8 Å². The fourth-order valence-corrected chi connectivity index (χ4v) is 5.45. The summed E-state index contributed by atoms with van der Waals surface area (Å²) in [5.74, 6) is 1.68. The molecule has 2 heterocycles. The van der Waals surface area contributed by atoms with Crippen LogP contribution in [0.3, 0.4) is 0 Å². The molecule has 1 aliphatic rings. The van der Waals surface area contributed by atoms with Gasteiger partial charge in [0, 0.05) is 55.8 Å². The maximum atomic E-state index is 12.4. The van der Waals surface area contributed by atoms with E-state index >= 15 is 0 Å². The van der Waals surface area contributed by atoms with Crippen molar-refractivity contribution in [3.8, 4) is 34.4 Å². The molecule has 276 valence electrons. The van der Waals surface area contributed by atoms with Crippen LogP contribution in [0.25, 0.3) is 11.1 Å². The lowest BCUT2D eigenvalue weighted by Crippen LogP contribution is -2.30. The Bertz CT molecular complexity index is 1800. The van der Waals surface area contributed by atoms with Crippen LogP contribution in [0.5, 0.6) is 17.2 Å². The number of nitrogens with two attached hydrogens (primary N) is 1. The Balaban J connectivity index is 0.000000959. The summed E-state index contributed by atoms with van der Waals surface area (Å²) in [5, 5.41) is 34.0. The fourth-order valence-electron chi connectivity index (χ4n) is 5.21. The van der Waals surface area contributed by atoms with Gasteiger partial charge in [0.1, 0.15) is 36.5 Å². The van der Waals surface area contributed by atoms with E-state index in [2.05, 4.69) is 11.1 Å². The van der Waals surface area contributed by atoms with Crippen LogP contribution in [0.4, 0.5) is 0 Å². The zero-order chi connectivity index (χ0) is 37.9. The molecule has 1 aliphatic heterocycles. The number of pyridine rings is 1. The number of aromatic nitrogens is 1. The van der Waals surface area contributed by atoms with Crippen LogP contribution in [0, 0.1) is 18.3 Å². The maximum Gasteiger partial charge on any atom is 0.290 e. The number of nitrogens with zero attached hydrogens (tertiary/aromatic N) is 3. The lowest BCUT2D eigenvalue weighted by atomic mass is 9.96. The summed E-state index contributed by atoms with van der Waals surface area (Å²) < 4.78 is 18.1. The number of hydrogen-bond donors (Lipinski definition) is 4. The minimum absolute atomic E-state index is 0.00890. The predicted molar refractivity (Wildman–Crippen MR) is 197 cm³/mol. The number of aliphatic hydroxyl groups is 2. The van der Waals surface area contributed by atoms with Gasteiger partial charge in [0.15, 0.2) is 0 Å². The summed E-state index contributed by atoms with van der Waals surface area (Å²) in [6.07, 6.45) is 4.48. The standard InChI is InChI=1S/C35H35ClN4O5.C3H8O.CH2O2/c1-23-27(22-45-34-15-33(28(17-38)14-32(34)36)44-21-25-12-24(16-37)18-39-19-25)5-3-7-31(23)26-4-2-6-30(13-26)43-11-9-35(42)40-10-8-29(41)20-40;1-2-3-4;2-1-3/h2-7,12-15,18-19,29,41H,8-11,17,20-22,38H2,1H3;4H,2-3H2,1H3;1H,(H,2,3). The van der Waals surface area contributed by atoms with Gasteiger partial charge < -0.3 is 40.2 Å². The van der Waals surface area contributed by atoms with Crippen LogP contribution in [0.1, 0.15) is 54.0 Å². The monoisotopic (exact) mass is 732 g/mol. The third-order valence-corrected chi connectivity index (χ3v) is 8.25. The number of nitriles is 1. The number of amides is 1. The largest absolute Gasteiger partial charge is 0.493 e. The highest BCUT2D eigenvalue weighted by Gasteiger charge is 2.24. The summed E-state index contributed by atoms with van der Waals surface area (Å²) in [4.78, 5) is 26.5. The van der Waals surface area contributed by atoms with Crippen LogP contribution in [0.2, 0.25) is 5.02 Å². The zero-order valence-corrected chi connectivity index (χ0v) is 30.1. The molecule has 0 aliphatic carbocycles. The molecule has 13 heteroatoms. The second-order valence-electron chi connectivity index (χ2n) is 11.7. The topological polar surface area (TPSA) is 188 Å². The first-order chi connectivity index (χ1) is 25.2. The van der Waals surface area contributed by atoms with E-state index in [0.717, 1.165) is 39.8 Å². The van der Waals surface area contributed by atoms with Crippen LogP contribution in [0.15, 0.2) is 73.1 Å². The van der Waals surface area contributed by atoms with Gasteiger partial charge in [-0.1, -0.05) is 48.9 Å². The number of benzene rings is 3. The van der Waals surface area contributed by atoms with Crippen LogP contribution >= 0.6 is 11.6 Å². The Hall–Kier alpha value is -5.19. The summed E-state index contributed by atoms with van der Waals surface area (Å²) in [6.45, 7) is 6.01. The molecular formula is C39H45ClN4O8. The minimum Gasteiger partial charge on any atom is -0.493 e. The highest BCUT2D eigenvalue weighted by molar-refractivity contribution is 6.32. The highest BCUT2D eigenvalue weighted by Crippen LogP contribution is 2.35. The molecule has 1 saturated heterocycles. The van der Waals surface area contributed by atoms with Gasteiger partial charge in [-0.05, 0) is 66.3 Å². The van der Waals surface area contributed by atoms with Gasteiger partial charge in [0.2, 0.25) is 5.91 Å². The van der Waals surface area contributed by atoms with Gasteiger partial charge in [-0.3, -0.25) is 14.6 Å². The van der Waals surface area contributed by atoms with Crippen molar-refractivity contribution < 1.29 is 39.1 Å². The third-order valence-electron chi connectivity index (χ3n) is 7.95. The highest BCUT2D eigenvalue weighted by atomic mass is 35.5. The third kappa shape index (κ3) is 12.5. The average molecular weight is 733 g/mol. The van der Waals surface area contributed by atoms with E-state index < -0.39 is 6.10 Å². The Morgan fingerprint density at radius 1 is 1.08 bits per heavy atom. The number of ether oxygens (including phenoxy) is 3. The molecule has 1 aromatic heterocycles. The maximum absolute atomic E-state index is 12.4. The number of rotatable bonds is 13. The van der Waals surface area contributed by atoms with Gasteiger partial charge in [-0.2, -0.15) is 5.26 Å². The molecule has 0 saturated carbocycles. The first-order valence-corrected chi connectivity index (χ1v) is 17.1. The summed E-state index contributed by atoms with van der Waals surface area (Å²) in [7, 11) is 0. The molecule has 1 fully saturated rings. The van der Waals surface area contributed by atoms with Crippen LogP contribution in [-0.4, -0.2) is 70.0 Å². The van der Waals surface area contributed by atoms with E-state index in [9.17, 15) is 9.90 Å². The molecule has 1 amide bonds. The summed E-state index contributed by atoms with van der Waals surface area (Å²) in [5.41, 5.74) is 11.9. The van der Waals surface area contributed by atoms with E-state index in [-0.39, 0.29) is 45.2 Å². The number of likely N-dealkylation sites (tertiary alicyclic amines) is 1. The van der Waals surface area contributed by atoms with Crippen molar-refractivity contribution in [3.05, 3.63) is 106 Å². The van der Waals surface area contributed by atoms with Gasteiger partial charge in [-0.15, -0.1) is 0 Å². The number of aliphatic hydroxyl groups excluding tert-OH is 2. The van der Waals surface area contributed by atoms with Crippen molar-refractivity contribution in [1.29, 1.82) is 5.26 Å². The van der Waals surface area contributed by atoms with Crippen LogP contribution in [-0.2, 0) is 29.3 Å². The molecule has 52 heavy (non-hydrogen) atoms. The fraction of sp³-hybridized carbons (Fsp3) is 0.333. The Morgan fingerprint density at radius 2 is 1.81 bits per heavy atom. The normalized spacial score (nSPS) is 13.1. The SMILES string of the molecule is CCCO.Cc1c(COc2cc(OCc3cncc(C#N)c3)c(CN)cc2Cl)cccc1-c1cccc(OCCC(=O)N2CCC(O)C2)c1.O=CO.